The van der Waals surface area contributed by atoms with Gasteiger partial charge < -0.3 is 10.0 Å². The average Bonchev–Trinajstić information content (AvgIpc) is 2.46. The summed E-state index contributed by atoms with van der Waals surface area (Å²) in [6, 6.07) is 0.503. The van der Waals surface area contributed by atoms with Crippen molar-refractivity contribution in [3.63, 3.8) is 0 Å². The highest BCUT2D eigenvalue weighted by Gasteiger charge is 2.35. The molecule has 4 heteroatoms. The van der Waals surface area contributed by atoms with Crippen LogP contribution in [0, 0.1) is 5.92 Å². The SMILES string of the molecule is CCN(CCO)CC(=O)N1CCCC2CCCCC21. The molecule has 4 nitrogen and oxygen atoms in total. The Morgan fingerprint density at radius 3 is 2.74 bits per heavy atom. The average molecular weight is 268 g/mol. The Bertz CT molecular complexity index is 294. The molecule has 110 valence electrons. The molecule has 0 aromatic rings. The molecule has 1 amide bonds. The number of hydrogen-bond acceptors (Lipinski definition) is 3. The third-order valence-electron chi connectivity index (χ3n) is 4.79. The van der Waals surface area contributed by atoms with Gasteiger partial charge in [0.1, 0.15) is 0 Å². The molecular weight excluding hydrogens is 240 g/mol. The molecule has 0 aromatic heterocycles. The quantitative estimate of drug-likeness (QED) is 0.821. The van der Waals surface area contributed by atoms with Gasteiger partial charge in [0.15, 0.2) is 0 Å². The van der Waals surface area contributed by atoms with Gasteiger partial charge in [0, 0.05) is 19.1 Å². The molecule has 1 N–H and O–H groups in total. The Balaban J connectivity index is 1.93. The van der Waals surface area contributed by atoms with E-state index >= 15 is 0 Å². The van der Waals surface area contributed by atoms with E-state index in [0.29, 0.717) is 19.1 Å². The first kappa shape index (κ1) is 14.8. The molecule has 2 fully saturated rings. The number of nitrogens with zero attached hydrogens (tertiary/aromatic N) is 2. The van der Waals surface area contributed by atoms with Crippen LogP contribution in [-0.2, 0) is 4.79 Å². The van der Waals surface area contributed by atoms with E-state index in [1.165, 1.54) is 38.5 Å². The lowest BCUT2D eigenvalue weighted by Crippen LogP contribution is -2.52. The summed E-state index contributed by atoms with van der Waals surface area (Å²) in [5, 5.41) is 9.01. The number of hydrogen-bond donors (Lipinski definition) is 1. The van der Waals surface area contributed by atoms with Crippen LogP contribution in [0.1, 0.15) is 45.4 Å². The minimum absolute atomic E-state index is 0.132. The van der Waals surface area contributed by atoms with Gasteiger partial charge in [-0.2, -0.15) is 0 Å². The summed E-state index contributed by atoms with van der Waals surface area (Å²) < 4.78 is 0. The molecule has 2 atom stereocenters. The molecule has 2 rings (SSSR count). The van der Waals surface area contributed by atoms with Crippen LogP contribution in [0.3, 0.4) is 0 Å². The van der Waals surface area contributed by atoms with Crippen molar-refractivity contribution in [1.29, 1.82) is 0 Å². The molecular formula is C15H28N2O2. The number of piperidine rings is 1. The second-order valence-corrected chi connectivity index (χ2v) is 5.93. The Morgan fingerprint density at radius 2 is 2.00 bits per heavy atom. The van der Waals surface area contributed by atoms with Crippen LogP contribution in [0.15, 0.2) is 0 Å². The first-order chi connectivity index (χ1) is 9.26. The van der Waals surface area contributed by atoms with Crippen LogP contribution in [-0.4, -0.2) is 59.6 Å². The van der Waals surface area contributed by atoms with Gasteiger partial charge in [-0.15, -0.1) is 0 Å². The zero-order valence-electron chi connectivity index (χ0n) is 12.2. The number of likely N-dealkylation sites (tertiary alicyclic amines) is 1. The number of carbonyl (C=O) groups is 1. The summed E-state index contributed by atoms with van der Waals surface area (Å²) in [5.41, 5.74) is 0. The lowest BCUT2D eigenvalue weighted by Gasteiger charge is -2.44. The van der Waals surface area contributed by atoms with Crippen LogP contribution in [0.2, 0.25) is 0 Å². The topological polar surface area (TPSA) is 43.8 Å². The summed E-state index contributed by atoms with van der Waals surface area (Å²) in [5.74, 6) is 1.02. The van der Waals surface area contributed by atoms with E-state index in [1.54, 1.807) is 0 Å². The molecule has 1 heterocycles. The number of aliphatic hydroxyl groups is 1. The lowest BCUT2D eigenvalue weighted by molar-refractivity contribution is -0.138. The number of fused-ring (bicyclic) bond motifs is 1. The molecule has 2 aliphatic rings. The third kappa shape index (κ3) is 3.69. The lowest BCUT2D eigenvalue weighted by atomic mass is 9.78. The molecule has 2 unspecified atom stereocenters. The fraction of sp³-hybridized carbons (Fsp3) is 0.933. The van der Waals surface area contributed by atoms with E-state index in [4.69, 9.17) is 5.11 Å². The molecule has 1 saturated heterocycles. The summed E-state index contributed by atoms with van der Waals surface area (Å²) in [4.78, 5) is 16.7. The van der Waals surface area contributed by atoms with Gasteiger partial charge >= 0.3 is 0 Å². The van der Waals surface area contributed by atoms with E-state index in [0.717, 1.165) is 19.0 Å². The second kappa shape index (κ2) is 7.25. The van der Waals surface area contributed by atoms with Gasteiger partial charge in [0.25, 0.3) is 0 Å². The van der Waals surface area contributed by atoms with Crippen molar-refractivity contribution in [2.24, 2.45) is 5.92 Å². The maximum Gasteiger partial charge on any atom is 0.237 e. The molecule has 1 aliphatic heterocycles. The summed E-state index contributed by atoms with van der Waals surface area (Å²) in [7, 11) is 0. The van der Waals surface area contributed by atoms with Crippen molar-refractivity contribution in [3.8, 4) is 0 Å². The van der Waals surface area contributed by atoms with Crippen LogP contribution in [0.25, 0.3) is 0 Å². The van der Waals surface area contributed by atoms with E-state index in [9.17, 15) is 4.79 Å². The Hall–Kier alpha value is -0.610. The van der Waals surface area contributed by atoms with Crippen molar-refractivity contribution >= 4 is 5.91 Å². The van der Waals surface area contributed by atoms with E-state index in [1.807, 2.05) is 11.8 Å². The highest BCUT2D eigenvalue weighted by molar-refractivity contribution is 5.78. The number of carbonyl (C=O) groups excluding carboxylic acids is 1. The highest BCUT2D eigenvalue weighted by atomic mass is 16.3. The Morgan fingerprint density at radius 1 is 1.26 bits per heavy atom. The largest absolute Gasteiger partial charge is 0.395 e. The standard InChI is InChI=1S/C15H28N2O2/c1-2-16(10-11-18)12-15(19)17-9-5-7-13-6-3-4-8-14(13)17/h13-14,18H,2-12H2,1H3. The van der Waals surface area contributed by atoms with E-state index < -0.39 is 0 Å². The van der Waals surface area contributed by atoms with E-state index in [2.05, 4.69) is 4.90 Å². The van der Waals surface area contributed by atoms with Crippen LogP contribution in [0.5, 0.6) is 0 Å². The molecule has 0 bridgehead atoms. The number of likely N-dealkylation sites (N-methyl/N-ethyl adjacent to an activating group) is 1. The number of rotatable bonds is 5. The van der Waals surface area contributed by atoms with Crippen molar-refractivity contribution in [2.75, 3.05) is 32.8 Å². The van der Waals surface area contributed by atoms with Crippen molar-refractivity contribution in [1.82, 2.24) is 9.80 Å². The van der Waals surface area contributed by atoms with E-state index in [-0.39, 0.29) is 12.5 Å². The highest BCUT2D eigenvalue weighted by Crippen LogP contribution is 2.35. The van der Waals surface area contributed by atoms with Gasteiger partial charge in [0.05, 0.1) is 13.2 Å². The zero-order chi connectivity index (χ0) is 13.7. The Kier molecular flexibility index (Phi) is 5.64. The first-order valence-corrected chi connectivity index (χ1v) is 7.89. The minimum atomic E-state index is 0.132. The van der Waals surface area contributed by atoms with Gasteiger partial charge in [0.2, 0.25) is 5.91 Å². The smallest absolute Gasteiger partial charge is 0.237 e. The summed E-state index contributed by atoms with van der Waals surface area (Å²) in [6.45, 7) is 5.02. The molecule has 1 aliphatic carbocycles. The predicted octanol–water partition coefficient (Wildman–Crippen LogP) is 1.48. The maximum absolute atomic E-state index is 12.5. The maximum atomic E-state index is 12.5. The summed E-state index contributed by atoms with van der Waals surface area (Å²) >= 11 is 0. The van der Waals surface area contributed by atoms with Crippen LogP contribution in [0.4, 0.5) is 0 Å². The zero-order valence-corrected chi connectivity index (χ0v) is 12.2. The third-order valence-corrected chi connectivity index (χ3v) is 4.79. The molecule has 0 spiro atoms. The van der Waals surface area contributed by atoms with Crippen LogP contribution >= 0.6 is 0 Å². The molecule has 0 radical (unpaired) electrons. The fourth-order valence-corrected chi connectivity index (χ4v) is 3.71. The van der Waals surface area contributed by atoms with Crippen LogP contribution < -0.4 is 0 Å². The second-order valence-electron chi connectivity index (χ2n) is 5.93. The number of amides is 1. The van der Waals surface area contributed by atoms with Gasteiger partial charge in [-0.3, -0.25) is 9.69 Å². The Labute approximate surface area is 116 Å². The minimum Gasteiger partial charge on any atom is -0.395 e. The molecule has 0 aromatic carbocycles. The summed E-state index contributed by atoms with van der Waals surface area (Å²) in [6.07, 6.45) is 7.60. The first-order valence-electron chi connectivity index (χ1n) is 7.89. The predicted molar refractivity (Wildman–Crippen MR) is 75.9 cm³/mol. The molecule has 1 saturated carbocycles. The number of aliphatic hydroxyl groups excluding tert-OH is 1. The fourth-order valence-electron chi connectivity index (χ4n) is 3.71. The molecule has 19 heavy (non-hydrogen) atoms. The van der Waals surface area contributed by atoms with Crippen molar-refractivity contribution < 1.29 is 9.90 Å². The normalized spacial score (nSPS) is 27.4. The monoisotopic (exact) mass is 268 g/mol. The van der Waals surface area contributed by atoms with Gasteiger partial charge in [-0.05, 0) is 38.1 Å². The van der Waals surface area contributed by atoms with Crippen molar-refractivity contribution in [3.05, 3.63) is 0 Å². The van der Waals surface area contributed by atoms with Gasteiger partial charge in [-0.1, -0.05) is 19.8 Å². The van der Waals surface area contributed by atoms with Gasteiger partial charge in [-0.25, -0.2) is 0 Å². The van der Waals surface area contributed by atoms with Crippen molar-refractivity contribution in [2.45, 2.75) is 51.5 Å².